The summed E-state index contributed by atoms with van der Waals surface area (Å²) in [5.41, 5.74) is 8.38. The Bertz CT molecular complexity index is 638. The second-order valence-electron chi connectivity index (χ2n) is 4.74. The summed E-state index contributed by atoms with van der Waals surface area (Å²) in [6.45, 7) is 0. The normalized spacial score (nSPS) is 15.4. The molecule has 0 saturated heterocycles. The van der Waals surface area contributed by atoms with E-state index in [9.17, 15) is 0 Å². The van der Waals surface area contributed by atoms with Gasteiger partial charge in [0.25, 0.3) is 0 Å². The average Bonchev–Trinajstić information content (AvgIpc) is 2.96. The molecule has 0 amide bonds. The van der Waals surface area contributed by atoms with Gasteiger partial charge in [0, 0.05) is 5.75 Å². The van der Waals surface area contributed by atoms with Crippen LogP contribution < -0.4 is 5.73 Å². The molecule has 1 unspecified atom stereocenters. The predicted octanol–water partition coefficient (Wildman–Crippen LogP) is 2.39. The third-order valence-corrected chi connectivity index (χ3v) is 4.84. The quantitative estimate of drug-likeness (QED) is 0.916. The summed E-state index contributed by atoms with van der Waals surface area (Å²) < 4.78 is 1.81. The number of hydrogen-bond acceptors (Lipinski definition) is 6. The zero-order chi connectivity index (χ0) is 14.7. The Balaban J connectivity index is 1.90. The summed E-state index contributed by atoms with van der Waals surface area (Å²) in [4.78, 5) is 0. The van der Waals surface area contributed by atoms with Crippen LogP contribution in [0.3, 0.4) is 0 Å². The summed E-state index contributed by atoms with van der Waals surface area (Å²) in [7, 11) is 0. The summed E-state index contributed by atoms with van der Waals surface area (Å²) in [6, 6.07) is 10.1. The third-order valence-electron chi connectivity index (χ3n) is 3.27. The van der Waals surface area contributed by atoms with Gasteiger partial charge in [-0.1, -0.05) is 42.1 Å². The van der Waals surface area contributed by atoms with Crippen LogP contribution in [0.5, 0.6) is 0 Å². The van der Waals surface area contributed by atoms with Gasteiger partial charge < -0.3 is 5.73 Å². The zero-order valence-corrected chi connectivity index (χ0v) is 13.4. The Hall–Kier alpha value is -1.31. The Morgan fingerprint density at radius 1 is 1.33 bits per heavy atom. The molecule has 0 fully saturated rings. The second kappa shape index (κ2) is 6.64. The molecule has 1 aromatic heterocycles. The van der Waals surface area contributed by atoms with E-state index in [1.807, 2.05) is 22.9 Å². The highest BCUT2D eigenvalue weighted by Gasteiger charge is 2.22. The molecule has 0 radical (unpaired) electrons. The summed E-state index contributed by atoms with van der Waals surface area (Å²) >= 11 is 3.44. The third kappa shape index (κ3) is 3.14. The maximum atomic E-state index is 6.22. The largest absolute Gasteiger partial charge is 0.321 e. The lowest BCUT2D eigenvalue weighted by Gasteiger charge is -2.16. The molecule has 1 aliphatic heterocycles. The molecular weight excluding hydrogens is 302 g/mol. The van der Waals surface area contributed by atoms with Crippen LogP contribution >= 0.6 is 23.5 Å². The van der Waals surface area contributed by atoms with Crippen molar-refractivity contribution >= 4 is 29.2 Å². The maximum absolute atomic E-state index is 6.22. The first-order chi connectivity index (χ1) is 10.3. The second-order valence-corrected chi connectivity index (χ2v) is 6.67. The highest BCUT2D eigenvalue weighted by Crippen LogP contribution is 2.26. The number of fused-ring (bicyclic) bond motifs is 1. The van der Waals surface area contributed by atoms with E-state index in [2.05, 4.69) is 28.6 Å². The SMILES string of the molecule is CSCCC(N)c1nnc2n1N=C(c1ccccc1)CS2. The summed E-state index contributed by atoms with van der Waals surface area (Å²) in [5, 5.41) is 14.0. The minimum absolute atomic E-state index is 0.127. The molecule has 110 valence electrons. The number of aromatic nitrogens is 3. The minimum atomic E-state index is -0.127. The molecule has 0 aliphatic carbocycles. The van der Waals surface area contributed by atoms with E-state index < -0.39 is 0 Å². The average molecular weight is 319 g/mol. The van der Waals surface area contributed by atoms with Gasteiger partial charge in [-0.15, -0.1) is 10.2 Å². The molecule has 7 heteroatoms. The molecule has 2 heterocycles. The van der Waals surface area contributed by atoms with Gasteiger partial charge in [-0.2, -0.15) is 21.5 Å². The Morgan fingerprint density at radius 2 is 2.14 bits per heavy atom. The molecule has 0 spiro atoms. The van der Waals surface area contributed by atoms with Crippen LogP contribution in [-0.2, 0) is 0 Å². The lowest BCUT2D eigenvalue weighted by molar-refractivity contribution is 0.598. The fourth-order valence-corrected chi connectivity index (χ4v) is 3.46. The van der Waals surface area contributed by atoms with Crippen LogP contribution in [0.25, 0.3) is 0 Å². The molecule has 0 saturated carbocycles. The zero-order valence-electron chi connectivity index (χ0n) is 11.8. The number of benzene rings is 1. The topological polar surface area (TPSA) is 69.1 Å². The van der Waals surface area contributed by atoms with Crippen molar-refractivity contribution < 1.29 is 0 Å². The van der Waals surface area contributed by atoms with E-state index in [1.54, 1.807) is 23.5 Å². The standard InChI is InChI=1S/C14H17N5S2/c1-20-8-7-11(15)13-16-17-14-19(13)18-12(9-21-14)10-5-3-2-4-6-10/h2-6,11H,7-9,15H2,1H3. The van der Waals surface area contributed by atoms with Crippen LogP contribution in [0.4, 0.5) is 0 Å². The van der Waals surface area contributed by atoms with Crippen molar-refractivity contribution in [3.8, 4) is 0 Å². The van der Waals surface area contributed by atoms with Crippen molar-refractivity contribution in [1.29, 1.82) is 0 Å². The number of hydrogen-bond donors (Lipinski definition) is 1. The molecular formula is C14H17N5S2. The van der Waals surface area contributed by atoms with Crippen LogP contribution in [0.1, 0.15) is 23.9 Å². The molecule has 1 atom stereocenters. The van der Waals surface area contributed by atoms with Crippen molar-refractivity contribution in [1.82, 2.24) is 14.9 Å². The number of rotatable bonds is 5. The lowest BCUT2D eigenvalue weighted by atomic mass is 10.1. The van der Waals surface area contributed by atoms with Gasteiger partial charge in [-0.3, -0.25) is 0 Å². The monoisotopic (exact) mass is 319 g/mol. The van der Waals surface area contributed by atoms with Gasteiger partial charge in [0.1, 0.15) is 0 Å². The molecule has 3 rings (SSSR count). The molecule has 5 nitrogen and oxygen atoms in total. The summed E-state index contributed by atoms with van der Waals surface area (Å²) in [6.07, 6.45) is 2.95. The van der Waals surface area contributed by atoms with Crippen molar-refractivity contribution in [2.24, 2.45) is 10.8 Å². The van der Waals surface area contributed by atoms with Crippen LogP contribution in [0.2, 0.25) is 0 Å². The first-order valence-electron chi connectivity index (χ1n) is 6.75. The molecule has 2 N–H and O–H groups in total. The van der Waals surface area contributed by atoms with Crippen molar-refractivity contribution in [2.75, 3.05) is 17.8 Å². The molecule has 1 aliphatic rings. The molecule has 21 heavy (non-hydrogen) atoms. The maximum Gasteiger partial charge on any atom is 0.212 e. The Morgan fingerprint density at radius 3 is 2.90 bits per heavy atom. The number of nitrogens with two attached hydrogens (primary N) is 1. The number of thioether (sulfide) groups is 2. The highest BCUT2D eigenvalue weighted by atomic mass is 32.2. The smallest absolute Gasteiger partial charge is 0.212 e. The van der Waals surface area contributed by atoms with E-state index in [-0.39, 0.29) is 6.04 Å². The lowest BCUT2D eigenvalue weighted by Crippen LogP contribution is -2.20. The fourth-order valence-electron chi connectivity index (χ4n) is 2.12. The van der Waals surface area contributed by atoms with Gasteiger partial charge >= 0.3 is 0 Å². The molecule has 1 aromatic carbocycles. The van der Waals surface area contributed by atoms with E-state index in [4.69, 9.17) is 10.8 Å². The van der Waals surface area contributed by atoms with E-state index >= 15 is 0 Å². The predicted molar refractivity (Wildman–Crippen MR) is 89.1 cm³/mol. The Kier molecular flexibility index (Phi) is 4.62. The van der Waals surface area contributed by atoms with Gasteiger partial charge in [-0.05, 0) is 24.0 Å². The van der Waals surface area contributed by atoms with Gasteiger partial charge in [0.05, 0.1) is 11.8 Å². The van der Waals surface area contributed by atoms with E-state index in [0.29, 0.717) is 0 Å². The van der Waals surface area contributed by atoms with Crippen LogP contribution in [-0.4, -0.2) is 38.3 Å². The van der Waals surface area contributed by atoms with Crippen molar-refractivity contribution in [3.05, 3.63) is 41.7 Å². The van der Waals surface area contributed by atoms with Crippen molar-refractivity contribution in [3.63, 3.8) is 0 Å². The van der Waals surface area contributed by atoms with Crippen LogP contribution in [0, 0.1) is 0 Å². The van der Waals surface area contributed by atoms with E-state index in [0.717, 1.165) is 40.2 Å². The highest BCUT2D eigenvalue weighted by molar-refractivity contribution is 7.99. The van der Waals surface area contributed by atoms with E-state index in [1.165, 1.54) is 0 Å². The number of nitrogens with zero attached hydrogens (tertiary/aromatic N) is 4. The first-order valence-corrected chi connectivity index (χ1v) is 9.13. The van der Waals surface area contributed by atoms with Gasteiger partial charge in [0.2, 0.25) is 5.16 Å². The fraction of sp³-hybridized carbons (Fsp3) is 0.357. The van der Waals surface area contributed by atoms with Crippen molar-refractivity contribution in [2.45, 2.75) is 17.6 Å². The minimum Gasteiger partial charge on any atom is -0.321 e. The van der Waals surface area contributed by atoms with Gasteiger partial charge in [-0.25, -0.2) is 0 Å². The summed E-state index contributed by atoms with van der Waals surface area (Å²) in [5.74, 6) is 2.56. The van der Waals surface area contributed by atoms with Gasteiger partial charge in [0.15, 0.2) is 5.82 Å². The molecule has 0 bridgehead atoms. The van der Waals surface area contributed by atoms with Crippen LogP contribution in [0.15, 0.2) is 40.6 Å². The molecule has 2 aromatic rings. The first kappa shape index (κ1) is 14.6. The Labute approximate surface area is 132 Å².